The van der Waals surface area contributed by atoms with E-state index in [0.29, 0.717) is 38.7 Å². The van der Waals surface area contributed by atoms with Gasteiger partial charge in [-0.3, -0.25) is 14.4 Å². The molecule has 0 saturated heterocycles. The lowest BCUT2D eigenvalue weighted by molar-refractivity contribution is -0.184. The number of fused-ring (bicyclic) bond motifs is 1. The highest BCUT2D eigenvalue weighted by Gasteiger charge is 2.64. The van der Waals surface area contributed by atoms with Gasteiger partial charge in [-0.25, -0.2) is 0 Å². The minimum absolute atomic E-state index is 0.0510. The highest BCUT2D eigenvalue weighted by Crippen LogP contribution is 2.58. The molecule has 3 atom stereocenters. The number of hydrogen-bond donors (Lipinski definition) is 0. The van der Waals surface area contributed by atoms with E-state index in [-0.39, 0.29) is 23.9 Å². The fraction of sp³-hybridized carbons (Fsp3) is 0.647. The summed E-state index contributed by atoms with van der Waals surface area (Å²) in [6, 6.07) is 0. The van der Waals surface area contributed by atoms with Crippen molar-refractivity contribution in [2.45, 2.75) is 38.5 Å². The van der Waals surface area contributed by atoms with Crippen LogP contribution in [0.3, 0.4) is 0 Å². The Balaban J connectivity index is 1.98. The number of ketones is 2. The van der Waals surface area contributed by atoms with E-state index in [0.717, 1.165) is 0 Å². The van der Waals surface area contributed by atoms with Crippen LogP contribution in [0, 0.1) is 17.3 Å². The SMILES string of the molecule is C=CCON=CCCCC1C(=O)CC(=O)C2CCC12C(=O)OC. The Morgan fingerprint density at radius 3 is 2.83 bits per heavy atom. The zero-order valence-electron chi connectivity index (χ0n) is 13.5. The quantitative estimate of drug-likeness (QED) is 0.171. The summed E-state index contributed by atoms with van der Waals surface area (Å²) in [6.07, 6.45) is 6.35. The number of methoxy groups -OCH3 is 1. The lowest BCUT2D eigenvalue weighted by Gasteiger charge is -2.53. The number of esters is 1. The van der Waals surface area contributed by atoms with Gasteiger partial charge >= 0.3 is 5.97 Å². The first kappa shape index (κ1) is 17.4. The van der Waals surface area contributed by atoms with Crippen molar-refractivity contribution in [3.8, 4) is 0 Å². The molecule has 2 aliphatic rings. The molecule has 0 aromatic carbocycles. The maximum absolute atomic E-state index is 12.3. The summed E-state index contributed by atoms with van der Waals surface area (Å²) in [5.74, 6) is -1.42. The van der Waals surface area contributed by atoms with Gasteiger partial charge in [0.15, 0.2) is 0 Å². The Morgan fingerprint density at radius 1 is 1.43 bits per heavy atom. The van der Waals surface area contributed by atoms with Crippen LogP contribution in [0.4, 0.5) is 0 Å². The molecule has 0 spiro atoms. The fourth-order valence-corrected chi connectivity index (χ4v) is 3.78. The molecule has 0 aromatic rings. The number of hydrogen-bond acceptors (Lipinski definition) is 6. The topological polar surface area (TPSA) is 82.0 Å². The van der Waals surface area contributed by atoms with Gasteiger partial charge in [0.2, 0.25) is 0 Å². The molecule has 2 aliphatic carbocycles. The summed E-state index contributed by atoms with van der Waals surface area (Å²) >= 11 is 0. The predicted molar refractivity (Wildman–Crippen MR) is 83.8 cm³/mol. The van der Waals surface area contributed by atoms with Crippen molar-refractivity contribution in [2.24, 2.45) is 22.4 Å². The average Bonchev–Trinajstić information content (AvgIpc) is 2.49. The van der Waals surface area contributed by atoms with E-state index >= 15 is 0 Å². The number of carbonyl (C=O) groups excluding carboxylic acids is 3. The van der Waals surface area contributed by atoms with Gasteiger partial charge in [-0.05, 0) is 32.1 Å². The van der Waals surface area contributed by atoms with Crippen molar-refractivity contribution >= 4 is 23.8 Å². The lowest BCUT2D eigenvalue weighted by Crippen LogP contribution is -2.61. The zero-order valence-corrected chi connectivity index (χ0v) is 13.5. The molecular weight excluding hydrogens is 298 g/mol. The number of rotatable bonds is 8. The third-order valence-corrected chi connectivity index (χ3v) is 4.95. The van der Waals surface area contributed by atoms with Gasteiger partial charge in [-0.2, -0.15) is 0 Å². The number of nitrogens with zero attached hydrogens (tertiary/aromatic N) is 1. The molecule has 6 nitrogen and oxygen atoms in total. The zero-order chi connectivity index (χ0) is 16.9. The van der Waals surface area contributed by atoms with E-state index in [1.165, 1.54) is 7.11 Å². The van der Waals surface area contributed by atoms with E-state index in [9.17, 15) is 14.4 Å². The maximum atomic E-state index is 12.3. The summed E-state index contributed by atoms with van der Waals surface area (Å²) in [6.45, 7) is 3.87. The van der Waals surface area contributed by atoms with E-state index in [2.05, 4.69) is 11.7 Å². The number of Topliss-reactive ketones (excluding diaryl/α,β-unsaturated/α-hetero) is 2. The Kier molecular flexibility index (Phi) is 5.69. The van der Waals surface area contributed by atoms with Gasteiger partial charge in [0.25, 0.3) is 0 Å². The van der Waals surface area contributed by atoms with Crippen LogP contribution in [0.25, 0.3) is 0 Å². The van der Waals surface area contributed by atoms with Gasteiger partial charge in [-0.1, -0.05) is 17.8 Å². The van der Waals surface area contributed by atoms with E-state index in [4.69, 9.17) is 9.57 Å². The standard InChI is InChI=1S/C17H23NO5/c1-3-10-23-18-9-5-4-6-12-14(19)11-15(20)13-7-8-17(12,13)16(21)22-2/h3,9,12-13H,1,4-8,10-11H2,2H3. The maximum Gasteiger partial charge on any atom is 0.313 e. The van der Waals surface area contributed by atoms with Crippen molar-refractivity contribution in [1.29, 1.82) is 0 Å². The minimum atomic E-state index is -0.919. The second-order valence-corrected chi connectivity index (χ2v) is 6.09. The van der Waals surface area contributed by atoms with Crippen molar-refractivity contribution in [3.05, 3.63) is 12.7 Å². The Morgan fingerprint density at radius 2 is 2.22 bits per heavy atom. The highest BCUT2D eigenvalue weighted by molar-refractivity contribution is 6.09. The smallest absolute Gasteiger partial charge is 0.313 e. The molecular formula is C17H23NO5. The van der Waals surface area contributed by atoms with Crippen LogP contribution in [0.2, 0.25) is 0 Å². The van der Waals surface area contributed by atoms with Crippen LogP contribution in [-0.2, 0) is 24.0 Å². The number of carbonyl (C=O) groups is 3. The second kappa shape index (κ2) is 7.53. The predicted octanol–water partition coefficient (Wildman–Crippen LogP) is 2.07. The number of oxime groups is 1. The molecule has 0 N–H and O–H groups in total. The summed E-state index contributed by atoms with van der Waals surface area (Å²) in [5, 5.41) is 3.76. The van der Waals surface area contributed by atoms with Crippen LogP contribution >= 0.6 is 0 Å². The molecule has 0 amide bonds. The first-order chi connectivity index (χ1) is 11.1. The first-order valence-corrected chi connectivity index (χ1v) is 7.96. The van der Waals surface area contributed by atoms with E-state index in [1.54, 1.807) is 12.3 Å². The van der Waals surface area contributed by atoms with Crippen molar-refractivity contribution in [2.75, 3.05) is 13.7 Å². The molecule has 0 aromatic heterocycles. The van der Waals surface area contributed by atoms with E-state index < -0.39 is 17.3 Å². The van der Waals surface area contributed by atoms with Gasteiger partial charge < -0.3 is 9.57 Å². The molecule has 2 saturated carbocycles. The molecule has 0 radical (unpaired) electrons. The lowest BCUT2D eigenvalue weighted by atomic mass is 9.47. The molecule has 2 fully saturated rings. The van der Waals surface area contributed by atoms with Gasteiger partial charge in [0, 0.05) is 18.1 Å². The Hall–Kier alpha value is -1.98. The van der Waals surface area contributed by atoms with Crippen LogP contribution < -0.4 is 0 Å². The monoisotopic (exact) mass is 321 g/mol. The molecule has 2 rings (SSSR count). The van der Waals surface area contributed by atoms with Crippen LogP contribution in [0.1, 0.15) is 38.5 Å². The summed E-state index contributed by atoms with van der Waals surface area (Å²) in [4.78, 5) is 41.5. The van der Waals surface area contributed by atoms with Gasteiger partial charge in [0.05, 0.1) is 18.9 Å². The summed E-state index contributed by atoms with van der Waals surface area (Å²) in [7, 11) is 1.32. The Bertz CT molecular complexity index is 527. The molecule has 0 heterocycles. The average molecular weight is 321 g/mol. The number of ether oxygens (including phenoxy) is 1. The van der Waals surface area contributed by atoms with Gasteiger partial charge in [0.1, 0.15) is 18.2 Å². The first-order valence-electron chi connectivity index (χ1n) is 7.96. The van der Waals surface area contributed by atoms with Crippen LogP contribution in [0.15, 0.2) is 17.8 Å². The fourth-order valence-electron chi connectivity index (χ4n) is 3.78. The van der Waals surface area contributed by atoms with Crippen LogP contribution in [0.5, 0.6) is 0 Å². The summed E-state index contributed by atoms with van der Waals surface area (Å²) in [5.41, 5.74) is -0.919. The van der Waals surface area contributed by atoms with Crippen LogP contribution in [-0.4, -0.2) is 37.5 Å². The normalized spacial score (nSPS) is 29.8. The second-order valence-electron chi connectivity index (χ2n) is 6.09. The largest absolute Gasteiger partial charge is 0.469 e. The molecule has 23 heavy (non-hydrogen) atoms. The molecule has 126 valence electrons. The number of unbranched alkanes of at least 4 members (excludes halogenated alkanes) is 1. The Labute approximate surface area is 135 Å². The van der Waals surface area contributed by atoms with Crippen molar-refractivity contribution in [3.63, 3.8) is 0 Å². The summed E-state index contributed by atoms with van der Waals surface area (Å²) < 4.78 is 4.91. The van der Waals surface area contributed by atoms with Gasteiger partial charge in [-0.15, -0.1) is 0 Å². The molecule has 3 unspecified atom stereocenters. The molecule has 0 aliphatic heterocycles. The molecule has 6 heteroatoms. The third kappa shape index (κ3) is 3.21. The highest BCUT2D eigenvalue weighted by atomic mass is 16.6. The molecule has 0 bridgehead atoms. The van der Waals surface area contributed by atoms with E-state index in [1.807, 2.05) is 0 Å². The van der Waals surface area contributed by atoms with Crippen molar-refractivity contribution in [1.82, 2.24) is 0 Å². The minimum Gasteiger partial charge on any atom is -0.469 e. The third-order valence-electron chi connectivity index (χ3n) is 4.95. The van der Waals surface area contributed by atoms with Crippen molar-refractivity contribution < 1.29 is 24.0 Å².